The first-order chi connectivity index (χ1) is 8.49. The van der Waals surface area contributed by atoms with Crippen LogP contribution in [0.2, 0.25) is 5.02 Å². The zero-order valence-electron chi connectivity index (χ0n) is 10.9. The van der Waals surface area contributed by atoms with Gasteiger partial charge in [0.25, 0.3) is 0 Å². The van der Waals surface area contributed by atoms with Crippen molar-refractivity contribution in [2.45, 2.75) is 32.2 Å². The van der Waals surface area contributed by atoms with Gasteiger partial charge < -0.3 is 20.3 Å². The van der Waals surface area contributed by atoms with E-state index in [0.29, 0.717) is 17.3 Å². The van der Waals surface area contributed by atoms with E-state index in [1.807, 2.05) is 6.07 Å². The summed E-state index contributed by atoms with van der Waals surface area (Å²) in [7, 11) is 1.56. The van der Waals surface area contributed by atoms with Crippen LogP contribution in [-0.2, 0) is 4.74 Å². The molecule has 0 heterocycles. The molecule has 0 aliphatic carbocycles. The monoisotopic (exact) mass is 273 g/mol. The second kappa shape index (κ2) is 6.95. The van der Waals surface area contributed by atoms with Gasteiger partial charge >= 0.3 is 0 Å². The highest BCUT2D eigenvalue weighted by atomic mass is 35.5. The molecule has 5 heteroatoms. The number of hydrogen-bond donors (Lipinski definition) is 2. The van der Waals surface area contributed by atoms with E-state index in [4.69, 9.17) is 26.8 Å². The number of benzene rings is 1. The van der Waals surface area contributed by atoms with Gasteiger partial charge in [-0.1, -0.05) is 17.7 Å². The van der Waals surface area contributed by atoms with Crippen LogP contribution in [-0.4, -0.2) is 31.0 Å². The summed E-state index contributed by atoms with van der Waals surface area (Å²) in [6, 6.07) is 5.40. The Morgan fingerprint density at radius 2 is 2.06 bits per heavy atom. The fraction of sp³-hybridized carbons (Fsp3) is 0.538. The fourth-order valence-electron chi connectivity index (χ4n) is 1.53. The van der Waals surface area contributed by atoms with Gasteiger partial charge in [-0.2, -0.15) is 0 Å². The molecule has 3 N–H and O–H groups in total. The summed E-state index contributed by atoms with van der Waals surface area (Å²) in [5.74, 6) is 0.611. The van der Waals surface area contributed by atoms with Crippen LogP contribution < -0.4 is 10.5 Å². The van der Waals surface area contributed by atoms with Crippen LogP contribution in [0, 0.1) is 0 Å². The lowest BCUT2D eigenvalue weighted by atomic mass is 10.1. The Kier molecular flexibility index (Phi) is 5.88. The quantitative estimate of drug-likeness (QED) is 0.833. The second-order valence-corrected chi connectivity index (χ2v) is 4.61. The molecule has 0 fully saturated rings. The molecule has 3 atom stereocenters. The SMILES string of the molecule is COc1ccc(C(CN)OC(C)C(C)O)cc1Cl. The highest BCUT2D eigenvalue weighted by Crippen LogP contribution is 2.29. The summed E-state index contributed by atoms with van der Waals surface area (Å²) in [5.41, 5.74) is 6.56. The van der Waals surface area contributed by atoms with E-state index in [1.54, 1.807) is 33.1 Å². The molecule has 0 radical (unpaired) electrons. The number of hydrogen-bond acceptors (Lipinski definition) is 4. The molecule has 18 heavy (non-hydrogen) atoms. The number of aliphatic hydroxyl groups is 1. The Balaban J connectivity index is 2.85. The molecule has 0 aliphatic rings. The molecule has 0 aromatic heterocycles. The highest BCUT2D eigenvalue weighted by molar-refractivity contribution is 6.32. The first-order valence-corrected chi connectivity index (χ1v) is 6.24. The van der Waals surface area contributed by atoms with Crippen molar-refractivity contribution in [1.29, 1.82) is 0 Å². The summed E-state index contributed by atoms with van der Waals surface area (Å²) in [6.45, 7) is 3.80. The Hall–Kier alpha value is -0.810. The molecule has 0 aliphatic heterocycles. The lowest BCUT2D eigenvalue weighted by Gasteiger charge is -2.23. The molecule has 1 aromatic rings. The van der Waals surface area contributed by atoms with E-state index in [9.17, 15) is 5.11 Å². The Bertz CT molecular complexity index is 384. The average Bonchev–Trinajstić information content (AvgIpc) is 2.35. The van der Waals surface area contributed by atoms with Gasteiger partial charge in [0, 0.05) is 6.54 Å². The smallest absolute Gasteiger partial charge is 0.137 e. The lowest BCUT2D eigenvalue weighted by Crippen LogP contribution is -2.28. The average molecular weight is 274 g/mol. The van der Waals surface area contributed by atoms with Crippen LogP contribution in [0.1, 0.15) is 25.5 Å². The lowest BCUT2D eigenvalue weighted by molar-refractivity contribution is -0.0591. The topological polar surface area (TPSA) is 64.7 Å². The largest absolute Gasteiger partial charge is 0.495 e. The Labute approximate surface area is 113 Å². The summed E-state index contributed by atoms with van der Waals surface area (Å²) >= 11 is 6.06. The van der Waals surface area contributed by atoms with Crippen LogP contribution in [0.3, 0.4) is 0 Å². The zero-order valence-corrected chi connectivity index (χ0v) is 11.6. The van der Waals surface area contributed by atoms with Gasteiger partial charge in [0.2, 0.25) is 0 Å². The Morgan fingerprint density at radius 1 is 1.39 bits per heavy atom. The maximum absolute atomic E-state index is 9.44. The molecular weight excluding hydrogens is 254 g/mol. The van der Waals surface area contributed by atoms with Gasteiger partial charge in [-0.3, -0.25) is 0 Å². The van der Waals surface area contributed by atoms with Crippen molar-refractivity contribution < 1.29 is 14.6 Å². The summed E-state index contributed by atoms with van der Waals surface area (Å²) in [4.78, 5) is 0. The van der Waals surface area contributed by atoms with Gasteiger partial charge in [0.15, 0.2) is 0 Å². The van der Waals surface area contributed by atoms with Crippen molar-refractivity contribution in [3.05, 3.63) is 28.8 Å². The molecule has 102 valence electrons. The molecule has 0 saturated carbocycles. The number of nitrogens with two attached hydrogens (primary N) is 1. The minimum absolute atomic E-state index is 0.292. The number of methoxy groups -OCH3 is 1. The highest BCUT2D eigenvalue weighted by Gasteiger charge is 2.18. The maximum atomic E-state index is 9.44. The molecule has 0 bridgehead atoms. The third kappa shape index (κ3) is 3.85. The molecule has 0 amide bonds. The molecule has 0 spiro atoms. The number of rotatable bonds is 6. The van der Waals surface area contributed by atoms with Crippen molar-refractivity contribution in [2.24, 2.45) is 5.73 Å². The van der Waals surface area contributed by atoms with Gasteiger partial charge in [-0.15, -0.1) is 0 Å². The molecule has 4 nitrogen and oxygen atoms in total. The van der Waals surface area contributed by atoms with E-state index >= 15 is 0 Å². The van der Waals surface area contributed by atoms with Crippen LogP contribution >= 0.6 is 11.6 Å². The molecule has 3 unspecified atom stereocenters. The minimum Gasteiger partial charge on any atom is -0.495 e. The van der Waals surface area contributed by atoms with E-state index in [0.717, 1.165) is 5.56 Å². The summed E-state index contributed by atoms with van der Waals surface area (Å²) < 4.78 is 10.8. The molecular formula is C13H20ClNO3. The normalized spacial score (nSPS) is 16.1. The fourth-order valence-corrected chi connectivity index (χ4v) is 1.79. The van der Waals surface area contributed by atoms with Crippen molar-refractivity contribution in [1.82, 2.24) is 0 Å². The number of ether oxygens (including phenoxy) is 2. The number of aliphatic hydroxyl groups excluding tert-OH is 1. The predicted octanol–water partition coefficient (Wildman–Crippen LogP) is 2.13. The minimum atomic E-state index is -0.548. The number of halogens is 1. The van der Waals surface area contributed by atoms with Crippen molar-refractivity contribution in [2.75, 3.05) is 13.7 Å². The van der Waals surface area contributed by atoms with E-state index in [-0.39, 0.29) is 12.2 Å². The molecule has 1 aromatic carbocycles. The van der Waals surface area contributed by atoms with E-state index < -0.39 is 6.10 Å². The molecule has 1 rings (SSSR count). The third-order valence-electron chi connectivity index (χ3n) is 2.82. The van der Waals surface area contributed by atoms with Gasteiger partial charge in [-0.25, -0.2) is 0 Å². The third-order valence-corrected chi connectivity index (χ3v) is 3.12. The maximum Gasteiger partial charge on any atom is 0.137 e. The van der Waals surface area contributed by atoms with Crippen LogP contribution in [0.15, 0.2) is 18.2 Å². The van der Waals surface area contributed by atoms with E-state index in [2.05, 4.69) is 0 Å². The first kappa shape index (κ1) is 15.2. The van der Waals surface area contributed by atoms with Crippen molar-refractivity contribution in [3.63, 3.8) is 0 Å². The van der Waals surface area contributed by atoms with Crippen LogP contribution in [0.4, 0.5) is 0 Å². The summed E-state index contributed by atoms with van der Waals surface area (Å²) in [5, 5.41) is 9.95. The summed E-state index contributed by atoms with van der Waals surface area (Å²) in [6.07, 6.45) is -1.13. The Morgan fingerprint density at radius 3 is 2.50 bits per heavy atom. The standard InChI is InChI=1S/C13H20ClNO3/c1-8(16)9(2)18-13(7-15)10-4-5-12(17-3)11(14)6-10/h4-6,8-9,13,16H,7,15H2,1-3H3. The van der Waals surface area contributed by atoms with Crippen LogP contribution in [0.25, 0.3) is 0 Å². The van der Waals surface area contributed by atoms with Gasteiger partial charge in [0.05, 0.1) is 30.4 Å². The van der Waals surface area contributed by atoms with Gasteiger partial charge in [0.1, 0.15) is 5.75 Å². The second-order valence-electron chi connectivity index (χ2n) is 4.20. The van der Waals surface area contributed by atoms with Gasteiger partial charge in [-0.05, 0) is 31.5 Å². The predicted molar refractivity (Wildman–Crippen MR) is 72.0 cm³/mol. The first-order valence-electron chi connectivity index (χ1n) is 5.86. The molecule has 0 saturated heterocycles. The van der Waals surface area contributed by atoms with E-state index in [1.165, 1.54) is 0 Å². The zero-order chi connectivity index (χ0) is 13.7. The van der Waals surface area contributed by atoms with Crippen molar-refractivity contribution in [3.8, 4) is 5.75 Å². The van der Waals surface area contributed by atoms with Crippen LogP contribution in [0.5, 0.6) is 5.75 Å². The van der Waals surface area contributed by atoms with Crippen molar-refractivity contribution >= 4 is 11.6 Å².